The molecule has 2 heterocycles. The third-order valence-corrected chi connectivity index (χ3v) is 8.01. The van der Waals surface area contributed by atoms with Gasteiger partial charge in [-0.1, -0.05) is 49.6 Å². The molecule has 3 aliphatic rings. The third-order valence-electron chi connectivity index (χ3n) is 8.01. The highest BCUT2D eigenvalue weighted by molar-refractivity contribution is 5.97. The summed E-state index contributed by atoms with van der Waals surface area (Å²) in [6.45, 7) is 2.67. The molecule has 0 bridgehead atoms. The number of piperidine rings is 1. The Hall–Kier alpha value is -2.74. The average Bonchev–Trinajstić information content (AvgIpc) is 3.22. The molecular weight excluding hydrogens is 465 g/mol. The molecule has 5 rings (SSSR count). The first kappa shape index (κ1) is 24.9. The number of ether oxygens (including phenoxy) is 1. The van der Waals surface area contributed by atoms with Gasteiger partial charge < -0.3 is 15.0 Å². The number of alkyl halides is 3. The lowest BCUT2D eigenvalue weighted by molar-refractivity contribution is -0.137. The number of amidine groups is 1. The van der Waals surface area contributed by atoms with Crippen molar-refractivity contribution in [2.45, 2.75) is 69.2 Å². The fourth-order valence-corrected chi connectivity index (χ4v) is 6.01. The number of benzene rings is 2. The molecular formula is C28H35F3N4O. The molecule has 2 aromatic rings. The molecule has 0 radical (unpaired) electrons. The SMILES string of the molecule is COc1ccc(N2CN=C(NC3CCCCC3)C23CCN(Cc2ccccc2)CC3)c(C(F)(F)F)c1. The van der Waals surface area contributed by atoms with Crippen LogP contribution < -0.4 is 15.0 Å². The van der Waals surface area contributed by atoms with Gasteiger partial charge in [0.05, 0.1) is 18.4 Å². The van der Waals surface area contributed by atoms with Crippen LogP contribution in [0.1, 0.15) is 56.1 Å². The number of methoxy groups -OCH3 is 1. The smallest absolute Gasteiger partial charge is 0.418 e. The minimum atomic E-state index is -4.49. The van der Waals surface area contributed by atoms with Crippen LogP contribution in [0.5, 0.6) is 5.75 Å². The normalized spacial score (nSPS) is 21.0. The van der Waals surface area contributed by atoms with Crippen molar-refractivity contribution in [3.05, 3.63) is 59.7 Å². The fraction of sp³-hybridized carbons (Fsp3) is 0.536. The van der Waals surface area contributed by atoms with E-state index in [2.05, 4.69) is 22.3 Å². The van der Waals surface area contributed by atoms with E-state index in [0.717, 1.165) is 57.2 Å². The summed E-state index contributed by atoms with van der Waals surface area (Å²) in [6, 6.07) is 15.0. The molecule has 0 unspecified atom stereocenters. The first-order valence-corrected chi connectivity index (χ1v) is 13.0. The van der Waals surface area contributed by atoms with Gasteiger partial charge in [0.25, 0.3) is 0 Å². The van der Waals surface area contributed by atoms with E-state index in [9.17, 15) is 13.2 Å². The summed E-state index contributed by atoms with van der Waals surface area (Å²) in [5.41, 5.74) is 0.200. The third kappa shape index (κ3) is 5.05. The van der Waals surface area contributed by atoms with E-state index in [1.54, 1.807) is 12.1 Å². The molecule has 1 aliphatic carbocycles. The van der Waals surface area contributed by atoms with E-state index in [1.807, 2.05) is 23.1 Å². The predicted molar refractivity (Wildman–Crippen MR) is 136 cm³/mol. The minimum absolute atomic E-state index is 0.184. The summed E-state index contributed by atoms with van der Waals surface area (Å²) in [5.74, 6) is 1.08. The number of anilines is 1. The van der Waals surface area contributed by atoms with Crippen LogP contribution in [0.25, 0.3) is 0 Å². The van der Waals surface area contributed by atoms with Crippen molar-refractivity contribution in [1.29, 1.82) is 0 Å². The predicted octanol–water partition coefficient (Wildman–Crippen LogP) is 5.85. The summed E-state index contributed by atoms with van der Waals surface area (Å²) in [7, 11) is 1.39. The van der Waals surface area contributed by atoms with Gasteiger partial charge in [0.15, 0.2) is 0 Å². The molecule has 0 amide bonds. The van der Waals surface area contributed by atoms with E-state index in [-0.39, 0.29) is 18.1 Å². The van der Waals surface area contributed by atoms with E-state index >= 15 is 0 Å². The molecule has 194 valence electrons. The Morgan fingerprint density at radius 1 is 1.03 bits per heavy atom. The van der Waals surface area contributed by atoms with Gasteiger partial charge in [0.1, 0.15) is 23.8 Å². The van der Waals surface area contributed by atoms with Crippen molar-refractivity contribution in [1.82, 2.24) is 10.2 Å². The van der Waals surface area contributed by atoms with Gasteiger partial charge in [0.2, 0.25) is 0 Å². The summed E-state index contributed by atoms with van der Waals surface area (Å²) in [6.07, 6.45) is 2.75. The second-order valence-electron chi connectivity index (χ2n) is 10.2. The molecule has 1 N–H and O–H groups in total. The van der Waals surface area contributed by atoms with Crippen LogP contribution in [0.2, 0.25) is 0 Å². The van der Waals surface area contributed by atoms with Gasteiger partial charge in [-0.05, 0) is 49.4 Å². The lowest BCUT2D eigenvalue weighted by Crippen LogP contribution is -2.61. The summed E-state index contributed by atoms with van der Waals surface area (Å²) in [4.78, 5) is 9.15. The van der Waals surface area contributed by atoms with Crippen LogP contribution in [0.3, 0.4) is 0 Å². The molecule has 36 heavy (non-hydrogen) atoms. The van der Waals surface area contributed by atoms with Gasteiger partial charge in [-0.15, -0.1) is 0 Å². The molecule has 2 aromatic carbocycles. The molecule has 1 saturated heterocycles. The zero-order chi connectivity index (χ0) is 25.2. The minimum Gasteiger partial charge on any atom is -0.497 e. The van der Waals surface area contributed by atoms with Crippen molar-refractivity contribution in [2.24, 2.45) is 4.99 Å². The Morgan fingerprint density at radius 2 is 1.75 bits per heavy atom. The Bertz CT molecular complexity index is 1060. The number of likely N-dealkylation sites (tertiary alicyclic amines) is 1. The van der Waals surface area contributed by atoms with Crippen molar-refractivity contribution in [3.8, 4) is 5.75 Å². The number of hydrogen-bond donors (Lipinski definition) is 1. The van der Waals surface area contributed by atoms with Crippen LogP contribution in [-0.4, -0.2) is 49.2 Å². The number of aliphatic imine (C=N–C) groups is 1. The molecule has 1 spiro atoms. The summed E-state index contributed by atoms with van der Waals surface area (Å²) >= 11 is 0. The van der Waals surface area contributed by atoms with Crippen LogP contribution in [0.15, 0.2) is 53.5 Å². The fourth-order valence-electron chi connectivity index (χ4n) is 6.01. The Balaban J connectivity index is 1.44. The quantitative estimate of drug-likeness (QED) is 0.559. The second kappa shape index (κ2) is 10.3. The number of rotatable bonds is 5. The Kier molecular flexibility index (Phi) is 7.15. The van der Waals surface area contributed by atoms with Crippen molar-refractivity contribution < 1.29 is 17.9 Å². The van der Waals surface area contributed by atoms with Crippen LogP contribution >= 0.6 is 0 Å². The molecule has 2 fully saturated rings. The van der Waals surface area contributed by atoms with Gasteiger partial charge in [-0.25, -0.2) is 4.99 Å². The van der Waals surface area contributed by atoms with Gasteiger partial charge in [-0.3, -0.25) is 4.90 Å². The van der Waals surface area contributed by atoms with Crippen LogP contribution in [-0.2, 0) is 12.7 Å². The number of nitrogens with one attached hydrogen (secondary N) is 1. The van der Waals surface area contributed by atoms with Crippen LogP contribution in [0, 0.1) is 0 Å². The molecule has 0 aromatic heterocycles. The van der Waals surface area contributed by atoms with Gasteiger partial charge >= 0.3 is 6.18 Å². The highest BCUT2D eigenvalue weighted by Crippen LogP contribution is 2.45. The maximum absolute atomic E-state index is 14.2. The zero-order valence-electron chi connectivity index (χ0n) is 20.9. The van der Waals surface area contributed by atoms with E-state index in [4.69, 9.17) is 9.73 Å². The van der Waals surface area contributed by atoms with Crippen molar-refractivity contribution in [2.75, 3.05) is 31.8 Å². The first-order valence-electron chi connectivity index (χ1n) is 13.0. The maximum atomic E-state index is 14.2. The van der Waals surface area contributed by atoms with Gasteiger partial charge in [0, 0.05) is 25.7 Å². The largest absolute Gasteiger partial charge is 0.497 e. The van der Waals surface area contributed by atoms with Crippen molar-refractivity contribution in [3.63, 3.8) is 0 Å². The standard InChI is InChI=1S/C28H35F3N4O/c1-36-23-12-13-25(24(18-23)28(29,30)31)35-20-32-26(33-22-10-6-3-7-11-22)27(35)14-16-34(17-15-27)19-21-8-4-2-5-9-21/h2,4-5,8-9,12-13,18,22H,3,6-7,10-11,14-17,19-20H2,1H3,(H,32,33). The highest BCUT2D eigenvalue weighted by atomic mass is 19.4. The molecule has 8 heteroatoms. The zero-order valence-corrected chi connectivity index (χ0v) is 20.9. The Labute approximate surface area is 211 Å². The molecule has 5 nitrogen and oxygen atoms in total. The van der Waals surface area contributed by atoms with Crippen molar-refractivity contribution >= 4 is 11.5 Å². The maximum Gasteiger partial charge on any atom is 0.418 e. The summed E-state index contributed by atoms with van der Waals surface area (Å²) in [5, 5.41) is 3.71. The lowest BCUT2D eigenvalue weighted by Gasteiger charge is -2.47. The molecule has 0 atom stereocenters. The number of nitrogens with zero attached hydrogens (tertiary/aromatic N) is 3. The van der Waals surface area contributed by atoms with Gasteiger partial charge in [-0.2, -0.15) is 13.2 Å². The average molecular weight is 501 g/mol. The van der Waals surface area contributed by atoms with E-state index in [1.165, 1.54) is 31.9 Å². The molecule has 1 saturated carbocycles. The van der Waals surface area contributed by atoms with E-state index in [0.29, 0.717) is 6.04 Å². The second-order valence-corrected chi connectivity index (χ2v) is 10.2. The Morgan fingerprint density at radius 3 is 2.42 bits per heavy atom. The molecule has 2 aliphatic heterocycles. The monoisotopic (exact) mass is 500 g/mol. The topological polar surface area (TPSA) is 40.1 Å². The number of hydrogen-bond acceptors (Lipinski definition) is 5. The number of halogens is 3. The van der Waals surface area contributed by atoms with E-state index < -0.39 is 17.3 Å². The van der Waals surface area contributed by atoms with Crippen LogP contribution in [0.4, 0.5) is 18.9 Å². The first-order chi connectivity index (χ1) is 17.4. The lowest BCUT2D eigenvalue weighted by atomic mass is 9.83. The summed E-state index contributed by atoms with van der Waals surface area (Å²) < 4.78 is 47.7. The highest BCUT2D eigenvalue weighted by Gasteiger charge is 2.50.